The number of nitrogens with zero attached hydrogens (tertiary/aromatic N) is 1. The summed E-state index contributed by atoms with van der Waals surface area (Å²) >= 11 is 0. The van der Waals surface area contributed by atoms with E-state index in [0.717, 1.165) is 33.8 Å². The maximum absolute atomic E-state index is 12.5. The summed E-state index contributed by atoms with van der Waals surface area (Å²) in [6, 6.07) is 21.8. The van der Waals surface area contributed by atoms with Gasteiger partial charge in [-0.3, -0.25) is 9.78 Å². The van der Waals surface area contributed by atoms with Crippen molar-refractivity contribution in [1.29, 1.82) is 0 Å². The van der Waals surface area contributed by atoms with Crippen LogP contribution in [0.4, 0.5) is 5.69 Å². The van der Waals surface area contributed by atoms with Crippen molar-refractivity contribution in [3.63, 3.8) is 0 Å². The molecule has 1 aromatic heterocycles. The Labute approximate surface area is 160 Å². The molecule has 0 unspecified atom stereocenters. The Morgan fingerprint density at radius 3 is 2.04 bits per heavy atom. The molecule has 0 radical (unpaired) electrons. The number of ether oxygens (including phenoxy) is 1. The number of carbonyl (C=O) groups excluding carboxylic acids is 1. The van der Waals surface area contributed by atoms with Gasteiger partial charge < -0.3 is 10.1 Å². The van der Waals surface area contributed by atoms with Gasteiger partial charge in [0.2, 0.25) is 5.91 Å². The zero-order valence-electron chi connectivity index (χ0n) is 15.9. The van der Waals surface area contributed by atoms with Crippen molar-refractivity contribution < 1.29 is 9.53 Å². The second-order valence-electron chi connectivity index (χ2n) is 6.60. The summed E-state index contributed by atoms with van der Waals surface area (Å²) in [5, 5.41) is 2.94. The van der Waals surface area contributed by atoms with Crippen molar-refractivity contribution >= 4 is 11.6 Å². The van der Waals surface area contributed by atoms with E-state index in [1.807, 2.05) is 87.5 Å². The van der Waals surface area contributed by atoms with Crippen molar-refractivity contribution in [3.05, 3.63) is 94.8 Å². The number of amides is 1. The van der Waals surface area contributed by atoms with E-state index in [1.54, 1.807) is 0 Å². The number of anilines is 1. The van der Waals surface area contributed by atoms with Crippen LogP contribution in [-0.4, -0.2) is 17.5 Å². The normalized spacial score (nSPS) is 10.8. The third-order valence-corrected chi connectivity index (χ3v) is 4.38. The van der Waals surface area contributed by atoms with Gasteiger partial charge in [-0.25, -0.2) is 0 Å². The molecule has 0 spiro atoms. The van der Waals surface area contributed by atoms with Crippen LogP contribution >= 0.6 is 0 Å². The topological polar surface area (TPSA) is 51.2 Å². The standard InChI is InChI=1S/C23H24N2O2/c1-16-14-17(2)24-18(3)22(16)25-21(26)15-27-23(19-10-6-4-7-11-19)20-12-8-5-9-13-20/h4-14,23H,15H2,1-3H3,(H,25,26). The van der Waals surface area contributed by atoms with Gasteiger partial charge in [0.1, 0.15) is 12.7 Å². The Morgan fingerprint density at radius 1 is 0.963 bits per heavy atom. The summed E-state index contributed by atoms with van der Waals surface area (Å²) in [5.41, 5.74) is 5.53. The predicted octanol–water partition coefficient (Wildman–Crippen LogP) is 4.75. The highest BCUT2D eigenvalue weighted by Crippen LogP contribution is 2.26. The average Bonchev–Trinajstić information content (AvgIpc) is 2.66. The molecule has 4 heteroatoms. The fraction of sp³-hybridized carbons (Fsp3) is 0.217. The largest absolute Gasteiger partial charge is 0.359 e. The number of rotatable bonds is 6. The molecule has 2 aromatic carbocycles. The molecule has 0 atom stereocenters. The molecule has 27 heavy (non-hydrogen) atoms. The summed E-state index contributed by atoms with van der Waals surface area (Å²) in [5.74, 6) is -0.191. The number of carbonyl (C=O) groups is 1. The Balaban J connectivity index is 1.73. The van der Waals surface area contributed by atoms with E-state index in [-0.39, 0.29) is 18.6 Å². The molecule has 1 N–H and O–H groups in total. The molecular formula is C23H24N2O2. The first kappa shape index (κ1) is 18.8. The molecule has 0 aliphatic carbocycles. The highest BCUT2D eigenvalue weighted by Gasteiger charge is 2.17. The molecule has 0 saturated carbocycles. The molecule has 4 nitrogen and oxygen atoms in total. The third kappa shape index (κ3) is 4.80. The van der Waals surface area contributed by atoms with Gasteiger partial charge in [0.05, 0.1) is 11.4 Å². The molecule has 3 rings (SSSR count). The number of aryl methyl sites for hydroxylation is 3. The van der Waals surface area contributed by atoms with Gasteiger partial charge in [-0.2, -0.15) is 0 Å². The molecule has 0 fully saturated rings. The summed E-state index contributed by atoms with van der Waals surface area (Å²) in [7, 11) is 0. The van der Waals surface area contributed by atoms with Crippen molar-refractivity contribution in [2.24, 2.45) is 0 Å². The fourth-order valence-corrected chi connectivity index (χ4v) is 3.19. The number of hydrogen-bond donors (Lipinski definition) is 1. The quantitative estimate of drug-likeness (QED) is 0.690. The van der Waals surface area contributed by atoms with Gasteiger partial charge in [0.25, 0.3) is 0 Å². The van der Waals surface area contributed by atoms with Crippen LogP contribution in [-0.2, 0) is 9.53 Å². The van der Waals surface area contributed by atoms with Crippen molar-refractivity contribution in [3.8, 4) is 0 Å². The van der Waals surface area contributed by atoms with E-state index in [4.69, 9.17) is 4.74 Å². The first-order valence-corrected chi connectivity index (χ1v) is 9.01. The van der Waals surface area contributed by atoms with Gasteiger partial charge in [-0.15, -0.1) is 0 Å². The van der Waals surface area contributed by atoms with Crippen LogP contribution < -0.4 is 5.32 Å². The zero-order chi connectivity index (χ0) is 19.2. The molecule has 3 aromatic rings. The van der Waals surface area contributed by atoms with Crippen LogP contribution in [0.3, 0.4) is 0 Å². The molecule has 1 heterocycles. The summed E-state index contributed by atoms with van der Waals surface area (Å²) < 4.78 is 6.02. The Kier molecular flexibility index (Phi) is 5.99. The Morgan fingerprint density at radius 2 is 1.52 bits per heavy atom. The second-order valence-corrected chi connectivity index (χ2v) is 6.60. The SMILES string of the molecule is Cc1cc(C)c(NC(=O)COC(c2ccccc2)c2ccccc2)c(C)n1. The lowest BCUT2D eigenvalue weighted by molar-refractivity contribution is -0.121. The Bertz CT molecular complexity index is 846. The molecule has 0 saturated heterocycles. The van der Waals surface area contributed by atoms with E-state index < -0.39 is 0 Å². The maximum atomic E-state index is 12.5. The molecule has 0 aliphatic rings. The van der Waals surface area contributed by atoms with E-state index in [1.165, 1.54) is 0 Å². The van der Waals surface area contributed by atoms with Gasteiger partial charge >= 0.3 is 0 Å². The number of benzene rings is 2. The van der Waals surface area contributed by atoms with E-state index in [2.05, 4.69) is 10.3 Å². The third-order valence-electron chi connectivity index (χ3n) is 4.38. The van der Waals surface area contributed by atoms with Crippen LogP contribution in [0.25, 0.3) is 0 Å². The maximum Gasteiger partial charge on any atom is 0.250 e. The van der Waals surface area contributed by atoms with Gasteiger partial charge in [-0.05, 0) is 43.5 Å². The lowest BCUT2D eigenvalue weighted by Crippen LogP contribution is -2.22. The number of nitrogens with one attached hydrogen (secondary N) is 1. The first-order valence-electron chi connectivity index (χ1n) is 9.01. The summed E-state index contributed by atoms with van der Waals surface area (Å²) in [6.45, 7) is 5.77. The van der Waals surface area contributed by atoms with Crippen LogP contribution in [0.1, 0.15) is 34.2 Å². The minimum absolute atomic E-state index is 0.0405. The van der Waals surface area contributed by atoms with Crippen LogP contribution in [0.15, 0.2) is 66.7 Å². The zero-order valence-corrected chi connectivity index (χ0v) is 15.9. The summed E-state index contributed by atoms with van der Waals surface area (Å²) in [6.07, 6.45) is -0.295. The van der Waals surface area contributed by atoms with Gasteiger partial charge in [0, 0.05) is 5.69 Å². The smallest absolute Gasteiger partial charge is 0.250 e. The minimum Gasteiger partial charge on any atom is -0.359 e. The van der Waals surface area contributed by atoms with Crippen LogP contribution in [0.2, 0.25) is 0 Å². The van der Waals surface area contributed by atoms with E-state index in [0.29, 0.717) is 0 Å². The monoisotopic (exact) mass is 360 g/mol. The number of aromatic nitrogens is 1. The summed E-state index contributed by atoms with van der Waals surface area (Å²) in [4.78, 5) is 16.9. The van der Waals surface area contributed by atoms with Crippen molar-refractivity contribution in [1.82, 2.24) is 4.98 Å². The number of pyridine rings is 1. The van der Waals surface area contributed by atoms with Crippen LogP contribution in [0.5, 0.6) is 0 Å². The van der Waals surface area contributed by atoms with Crippen molar-refractivity contribution in [2.75, 3.05) is 11.9 Å². The molecule has 1 amide bonds. The highest BCUT2D eigenvalue weighted by molar-refractivity contribution is 5.93. The predicted molar refractivity (Wildman–Crippen MR) is 108 cm³/mol. The highest BCUT2D eigenvalue weighted by atomic mass is 16.5. The molecule has 0 aliphatic heterocycles. The van der Waals surface area contributed by atoms with E-state index in [9.17, 15) is 4.79 Å². The molecule has 138 valence electrons. The lowest BCUT2D eigenvalue weighted by atomic mass is 10.0. The fourth-order valence-electron chi connectivity index (χ4n) is 3.19. The number of hydrogen-bond acceptors (Lipinski definition) is 3. The average molecular weight is 360 g/mol. The lowest BCUT2D eigenvalue weighted by Gasteiger charge is -2.19. The van der Waals surface area contributed by atoms with Crippen molar-refractivity contribution in [2.45, 2.75) is 26.9 Å². The first-order chi connectivity index (χ1) is 13.0. The van der Waals surface area contributed by atoms with Crippen LogP contribution in [0, 0.1) is 20.8 Å². The second kappa shape index (κ2) is 8.60. The van der Waals surface area contributed by atoms with Gasteiger partial charge in [0.15, 0.2) is 0 Å². The molecular weight excluding hydrogens is 336 g/mol. The molecule has 0 bridgehead atoms. The van der Waals surface area contributed by atoms with E-state index >= 15 is 0 Å². The van der Waals surface area contributed by atoms with Gasteiger partial charge in [-0.1, -0.05) is 60.7 Å². The Hall–Kier alpha value is -2.98. The minimum atomic E-state index is -0.295.